The van der Waals surface area contributed by atoms with Crippen LogP contribution < -0.4 is 5.73 Å². The minimum atomic E-state index is -1.59. The van der Waals surface area contributed by atoms with Crippen molar-refractivity contribution in [3.05, 3.63) is 11.3 Å². The lowest BCUT2D eigenvalue weighted by atomic mass is 9.90. The topological polar surface area (TPSA) is 61.5 Å². The maximum absolute atomic E-state index is 10.8. The summed E-state index contributed by atoms with van der Waals surface area (Å²) >= 11 is 0. The normalized spacial score (nSPS) is 30.6. The zero-order chi connectivity index (χ0) is 8.65. The predicted molar refractivity (Wildman–Crippen MR) is 38.5 cm³/mol. The van der Waals surface area contributed by atoms with Crippen LogP contribution in [0.2, 0.25) is 0 Å². The van der Waals surface area contributed by atoms with E-state index in [0.29, 0.717) is 5.57 Å². The molecule has 11 heavy (non-hydrogen) atoms. The Labute approximate surface area is 65.7 Å². The first-order valence-corrected chi connectivity index (χ1v) is 3.05. The molecule has 1 aliphatic rings. The largest absolute Gasteiger partial charge is 0.496 e. The van der Waals surface area contributed by atoms with Gasteiger partial charge >= 0.3 is 5.97 Å². The highest BCUT2D eigenvalue weighted by Crippen LogP contribution is 2.25. The first-order valence-electron chi connectivity index (χ1n) is 3.05. The summed E-state index contributed by atoms with van der Waals surface area (Å²) in [7, 11) is 6.75. The summed E-state index contributed by atoms with van der Waals surface area (Å²) in [5.41, 5.74) is 4.09. The fraction of sp³-hybridized carbons (Fsp3) is 0.500. The Morgan fingerprint density at radius 3 is 2.45 bits per heavy atom. The van der Waals surface area contributed by atoms with E-state index in [0.717, 1.165) is 0 Å². The number of hydrogen-bond acceptors (Lipinski definition) is 4. The van der Waals surface area contributed by atoms with Gasteiger partial charge in [-0.05, 0) is 6.92 Å². The molecule has 1 aliphatic heterocycles. The average molecular weight is 153 g/mol. The molecule has 1 unspecified atom stereocenters. The number of methoxy groups -OCH3 is 1. The van der Waals surface area contributed by atoms with Gasteiger partial charge in [-0.2, -0.15) is 0 Å². The van der Waals surface area contributed by atoms with Gasteiger partial charge in [0.1, 0.15) is 0 Å². The first kappa shape index (κ1) is 8.13. The van der Waals surface area contributed by atoms with Gasteiger partial charge in [0.2, 0.25) is 0 Å². The summed E-state index contributed by atoms with van der Waals surface area (Å²) in [6.07, 6.45) is 0. The van der Waals surface area contributed by atoms with Crippen molar-refractivity contribution in [3.63, 3.8) is 0 Å². The quantitative estimate of drug-likeness (QED) is 0.397. The van der Waals surface area contributed by atoms with Crippen molar-refractivity contribution >= 4 is 13.8 Å². The molecule has 0 fully saturated rings. The Bertz CT molecular complexity index is 234. The molecule has 1 rings (SSSR count). The lowest BCUT2D eigenvalue weighted by Crippen LogP contribution is -2.43. The molecule has 4 nitrogen and oxygen atoms in total. The molecule has 0 aliphatic carbocycles. The standard InChI is InChI=1S/C6H8BNO3/c1-3-4(10-2)6(7,8)11-5(3)9/h8H2,1-2H3. The van der Waals surface area contributed by atoms with Crippen LogP contribution in [0.1, 0.15) is 6.92 Å². The molecule has 1 heterocycles. The highest BCUT2D eigenvalue weighted by atomic mass is 16.6. The van der Waals surface area contributed by atoms with E-state index in [1.54, 1.807) is 6.92 Å². The number of rotatable bonds is 1. The molecular formula is C6H8BNO3. The third-order valence-electron chi connectivity index (χ3n) is 1.47. The summed E-state index contributed by atoms with van der Waals surface area (Å²) in [6, 6.07) is 0. The zero-order valence-electron chi connectivity index (χ0n) is 6.38. The fourth-order valence-corrected chi connectivity index (χ4v) is 0.975. The summed E-state index contributed by atoms with van der Waals surface area (Å²) in [5, 5.41) is 0. The van der Waals surface area contributed by atoms with E-state index >= 15 is 0 Å². The highest BCUT2D eigenvalue weighted by molar-refractivity contribution is 6.19. The van der Waals surface area contributed by atoms with Crippen LogP contribution >= 0.6 is 0 Å². The first-order chi connectivity index (χ1) is 4.99. The molecule has 1 atom stereocenters. The molecule has 58 valence electrons. The van der Waals surface area contributed by atoms with Gasteiger partial charge in [0.15, 0.2) is 19.2 Å². The fourth-order valence-electron chi connectivity index (χ4n) is 0.975. The Morgan fingerprint density at radius 1 is 1.73 bits per heavy atom. The van der Waals surface area contributed by atoms with Crippen molar-refractivity contribution in [3.8, 4) is 0 Å². The number of carbonyl (C=O) groups excluding carboxylic acids is 1. The van der Waals surface area contributed by atoms with Gasteiger partial charge in [0, 0.05) is 0 Å². The van der Waals surface area contributed by atoms with Gasteiger partial charge in [-0.15, -0.1) is 0 Å². The Morgan fingerprint density at radius 2 is 2.27 bits per heavy atom. The second-order valence-corrected chi connectivity index (χ2v) is 2.34. The van der Waals surface area contributed by atoms with Gasteiger partial charge < -0.3 is 9.47 Å². The van der Waals surface area contributed by atoms with E-state index in [4.69, 9.17) is 18.3 Å². The number of carbonyl (C=O) groups is 1. The van der Waals surface area contributed by atoms with Crippen LogP contribution in [0.15, 0.2) is 11.3 Å². The molecule has 0 aromatic heterocycles. The van der Waals surface area contributed by atoms with Crippen molar-refractivity contribution < 1.29 is 14.3 Å². The number of nitrogens with two attached hydrogens (primary N) is 1. The zero-order valence-corrected chi connectivity index (χ0v) is 6.38. The van der Waals surface area contributed by atoms with E-state index in [9.17, 15) is 4.79 Å². The molecule has 0 saturated heterocycles. The molecule has 5 heteroatoms. The molecule has 0 aromatic carbocycles. The van der Waals surface area contributed by atoms with Gasteiger partial charge in [0.05, 0.1) is 12.7 Å². The smallest absolute Gasteiger partial charge is 0.338 e. The van der Waals surface area contributed by atoms with Crippen LogP contribution in [0.25, 0.3) is 0 Å². The van der Waals surface area contributed by atoms with Gasteiger partial charge in [0.25, 0.3) is 0 Å². The van der Waals surface area contributed by atoms with E-state index in [1.165, 1.54) is 7.11 Å². The van der Waals surface area contributed by atoms with Crippen molar-refractivity contribution in [1.82, 2.24) is 0 Å². The van der Waals surface area contributed by atoms with Crippen molar-refractivity contribution in [1.29, 1.82) is 0 Å². The maximum atomic E-state index is 10.8. The molecule has 2 radical (unpaired) electrons. The van der Waals surface area contributed by atoms with Gasteiger partial charge in [-0.1, -0.05) is 0 Å². The lowest BCUT2D eigenvalue weighted by Gasteiger charge is -2.20. The monoisotopic (exact) mass is 153 g/mol. The third-order valence-corrected chi connectivity index (χ3v) is 1.47. The van der Waals surface area contributed by atoms with Crippen LogP contribution in [0.3, 0.4) is 0 Å². The Hall–Kier alpha value is -0.965. The second kappa shape index (κ2) is 2.27. The number of hydrogen-bond donors (Lipinski definition) is 1. The minimum Gasteiger partial charge on any atom is -0.496 e. The number of esters is 1. The predicted octanol–water partition coefficient (Wildman–Crippen LogP) is -0.755. The van der Waals surface area contributed by atoms with Gasteiger partial charge in [-0.25, -0.2) is 4.79 Å². The summed E-state index contributed by atoms with van der Waals surface area (Å²) in [6.45, 7) is 1.54. The molecule has 0 saturated carbocycles. The van der Waals surface area contributed by atoms with Crippen LogP contribution in [0.5, 0.6) is 0 Å². The van der Waals surface area contributed by atoms with Crippen LogP contribution in [0.4, 0.5) is 0 Å². The molecule has 0 spiro atoms. The summed E-state index contributed by atoms with van der Waals surface area (Å²) in [4.78, 5) is 10.8. The Kier molecular flexibility index (Phi) is 1.68. The van der Waals surface area contributed by atoms with Crippen LogP contribution in [0, 0.1) is 0 Å². The van der Waals surface area contributed by atoms with Crippen molar-refractivity contribution in [2.75, 3.05) is 7.11 Å². The minimum absolute atomic E-state index is 0.183. The third kappa shape index (κ3) is 1.11. The van der Waals surface area contributed by atoms with Gasteiger partial charge in [-0.3, -0.25) is 5.73 Å². The molecular weight excluding hydrogens is 145 g/mol. The van der Waals surface area contributed by atoms with Crippen LogP contribution in [-0.2, 0) is 14.3 Å². The Balaban J connectivity index is 3.06. The maximum Gasteiger partial charge on any atom is 0.338 e. The summed E-state index contributed by atoms with van der Waals surface area (Å²) in [5.74, 6) is -0.352. The van der Waals surface area contributed by atoms with E-state index in [-0.39, 0.29) is 5.76 Å². The van der Waals surface area contributed by atoms with E-state index in [1.807, 2.05) is 0 Å². The molecule has 0 aromatic rings. The highest BCUT2D eigenvalue weighted by Gasteiger charge is 2.39. The molecule has 2 N–H and O–H groups in total. The van der Waals surface area contributed by atoms with E-state index < -0.39 is 11.6 Å². The average Bonchev–Trinajstić information content (AvgIpc) is 2.03. The van der Waals surface area contributed by atoms with Crippen molar-refractivity contribution in [2.24, 2.45) is 5.73 Å². The summed E-state index contributed by atoms with van der Waals surface area (Å²) < 4.78 is 9.37. The van der Waals surface area contributed by atoms with Crippen molar-refractivity contribution in [2.45, 2.75) is 12.5 Å². The second-order valence-electron chi connectivity index (χ2n) is 2.34. The molecule has 0 bridgehead atoms. The van der Waals surface area contributed by atoms with Crippen LogP contribution in [-0.4, -0.2) is 26.5 Å². The lowest BCUT2D eigenvalue weighted by molar-refractivity contribution is -0.142. The number of cyclic esters (lactones) is 1. The SMILES string of the molecule is [B]C1(N)OC(=O)C(C)=C1OC. The number of ether oxygens (including phenoxy) is 2. The molecule has 0 amide bonds. The van der Waals surface area contributed by atoms with E-state index in [2.05, 4.69) is 4.74 Å².